The average molecular weight is 412 g/mol. The number of carbonyl (C=O) groups excluding carboxylic acids is 2. The lowest BCUT2D eigenvalue weighted by atomic mass is 9.88. The van der Waals surface area contributed by atoms with Crippen LogP contribution in [0.25, 0.3) is 0 Å². The molecule has 1 saturated heterocycles. The summed E-state index contributed by atoms with van der Waals surface area (Å²) in [7, 11) is 3.53. The van der Waals surface area contributed by atoms with E-state index in [1.54, 1.807) is 31.4 Å². The summed E-state index contributed by atoms with van der Waals surface area (Å²) in [4.78, 5) is 37.4. The Morgan fingerprint density at radius 1 is 1.23 bits per heavy atom. The first-order valence-electron chi connectivity index (χ1n) is 10.3. The molecule has 2 aromatic heterocycles. The second-order valence-electron chi connectivity index (χ2n) is 8.11. The third kappa shape index (κ3) is 4.22. The number of rotatable bonds is 5. The van der Waals surface area contributed by atoms with Gasteiger partial charge in [0.25, 0.3) is 5.91 Å². The second kappa shape index (κ2) is 8.53. The van der Waals surface area contributed by atoms with Gasteiger partial charge in [0, 0.05) is 45.8 Å². The number of hydrogen-bond donors (Lipinski definition) is 1. The lowest BCUT2D eigenvalue weighted by Gasteiger charge is -2.45. The van der Waals surface area contributed by atoms with Crippen molar-refractivity contribution in [1.82, 2.24) is 29.7 Å². The summed E-state index contributed by atoms with van der Waals surface area (Å²) in [5.41, 5.74) is 0.199. The molecule has 2 aromatic rings. The maximum absolute atomic E-state index is 12.9. The average Bonchev–Trinajstić information content (AvgIpc) is 3.24. The van der Waals surface area contributed by atoms with Crippen LogP contribution in [-0.2, 0) is 33.0 Å². The second-order valence-corrected chi connectivity index (χ2v) is 8.11. The van der Waals surface area contributed by atoms with Crippen molar-refractivity contribution in [2.24, 2.45) is 0 Å². The van der Waals surface area contributed by atoms with Gasteiger partial charge in [-0.15, -0.1) is 0 Å². The highest BCUT2D eigenvalue weighted by Gasteiger charge is 2.47. The molecule has 4 rings (SSSR count). The Labute approximate surface area is 176 Å². The summed E-state index contributed by atoms with van der Waals surface area (Å²) in [6.45, 7) is 2.63. The van der Waals surface area contributed by atoms with Gasteiger partial charge in [-0.25, -0.2) is 4.98 Å². The zero-order chi connectivity index (χ0) is 21.1. The van der Waals surface area contributed by atoms with Gasteiger partial charge in [0.1, 0.15) is 11.4 Å². The summed E-state index contributed by atoms with van der Waals surface area (Å²) in [6, 6.07) is 5.62. The summed E-state index contributed by atoms with van der Waals surface area (Å²) < 4.78 is 8.44. The van der Waals surface area contributed by atoms with Gasteiger partial charge >= 0.3 is 0 Å². The van der Waals surface area contributed by atoms with E-state index < -0.39 is 11.7 Å². The topological polar surface area (TPSA) is 92.6 Å². The molecule has 0 aliphatic carbocycles. The van der Waals surface area contributed by atoms with Crippen molar-refractivity contribution in [2.45, 2.75) is 37.6 Å². The fourth-order valence-electron chi connectivity index (χ4n) is 4.07. The molecule has 1 atom stereocenters. The minimum Gasteiger partial charge on any atom is -0.352 e. The molecule has 1 N–H and O–H groups in total. The standard InChI is InChI=1S/C21H28N6O3/c1-25(2)18(28)15-26-10-6-21(7-11-26)20-23-9-12-27(20)14-17(30-21)19(29)24-13-16-5-3-4-8-22-16/h3-5,8-9,12,17H,6-7,10-11,13-15H2,1-2H3,(H,24,29)/t17-/m0/s1. The van der Waals surface area contributed by atoms with Crippen molar-refractivity contribution in [3.8, 4) is 0 Å². The highest BCUT2D eigenvalue weighted by atomic mass is 16.5. The van der Waals surface area contributed by atoms with Gasteiger partial charge in [-0.1, -0.05) is 6.07 Å². The van der Waals surface area contributed by atoms with Gasteiger partial charge < -0.3 is 19.5 Å². The van der Waals surface area contributed by atoms with Gasteiger partial charge in [-0.2, -0.15) is 0 Å². The minimum atomic E-state index is -0.605. The Kier molecular flexibility index (Phi) is 5.83. The molecule has 1 spiro atoms. The van der Waals surface area contributed by atoms with Crippen LogP contribution in [0.15, 0.2) is 36.8 Å². The van der Waals surface area contributed by atoms with Crippen LogP contribution >= 0.6 is 0 Å². The predicted molar refractivity (Wildman–Crippen MR) is 109 cm³/mol. The fraction of sp³-hybridized carbons (Fsp3) is 0.524. The molecule has 0 radical (unpaired) electrons. The molecule has 9 heteroatoms. The van der Waals surface area contributed by atoms with Crippen LogP contribution in [-0.4, -0.2) is 76.0 Å². The molecule has 4 heterocycles. The van der Waals surface area contributed by atoms with Crippen LogP contribution in [0.5, 0.6) is 0 Å². The molecule has 2 aliphatic heterocycles. The van der Waals surface area contributed by atoms with Gasteiger partial charge in [-0.05, 0) is 25.0 Å². The van der Waals surface area contributed by atoms with E-state index in [9.17, 15) is 9.59 Å². The fourth-order valence-corrected chi connectivity index (χ4v) is 4.07. The van der Waals surface area contributed by atoms with Crippen molar-refractivity contribution >= 4 is 11.8 Å². The first-order valence-corrected chi connectivity index (χ1v) is 10.3. The van der Waals surface area contributed by atoms with Gasteiger partial charge in [-0.3, -0.25) is 19.5 Å². The molecule has 0 bridgehead atoms. The Bertz CT molecular complexity index is 889. The van der Waals surface area contributed by atoms with Crippen molar-refractivity contribution in [2.75, 3.05) is 33.7 Å². The van der Waals surface area contributed by atoms with E-state index in [4.69, 9.17) is 4.74 Å². The largest absolute Gasteiger partial charge is 0.352 e. The summed E-state index contributed by atoms with van der Waals surface area (Å²) >= 11 is 0. The van der Waals surface area contributed by atoms with Crippen molar-refractivity contribution < 1.29 is 14.3 Å². The number of likely N-dealkylation sites (N-methyl/N-ethyl adjacent to an activating group) is 1. The molecule has 160 valence electrons. The molecule has 2 amide bonds. The maximum Gasteiger partial charge on any atom is 0.251 e. The third-order valence-electron chi connectivity index (χ3n) is 5.84. The van der Waals surface area contributed by atoms with Crippen LogP contribution in [0.4, 0.5) is 0 Å². The molecule has 0 saturated carbocycles. The first kappa shape index (κ1) is 20.5. The summed E-state index contributed by atoms with van der Waals surface area (Å²) in [5.74, 6) is 0.809. The summed E-state index contributed by atoms with van der Waals surface area (Å²) in [6.07, 6.45) is 6.16. The molecule has 30 heavy (non-hydrogen) atoms. The van der Waals surface area contributed by atoms with Gasteiger partial charge in [0.15, 0.2) is 6.10 Å². The highest BCUT2D eigenvalue weighted by molar-refractivity contribution is 5.81. The number of nitrogens with zero attached hydrogens (tertiary/aromatic N) is 5. The smallest absolute Gasteiger partial charge is 0.251 e. The SMILES string of the molecule is CN(C)C(=O)CN1CCC2(CC1)O[C@H](C(=O)NCc1ccccn1)Cn1ccnc12. The molecule has 0 aromatic carbocycles. The number of likely N-dealkylation sites (tertiary alicyclic amines) is 1. The van der Waals surface area contributed by atoms with Crippen LogP contribution in [0.2, 0.25) is 0 Å². The molecular formula is C21H28N6O3. The first-order chi connectivity index (χ1) is 14.5. The van der Waals surface area contributed by atoms with E-state index in [1.807, 2.05) is 29.0 Å². The normalized spacial score (nSPS) is 20.5. The number of fused-ring (bicyclic) bond motifs is 2. The van der Waals surface area contributed by atoms with Crippen molar-refractivity contribution in [1.29, 1.82) is 0 Å². The van der Waals surface area contributed by atoms with Crippen LogP contribution in [0, 0.1) is 0 Å². The summed E-state index contributed by atoms with van der Waals surface area (Å²) in [5, 5.41) is 2.94. The number of carbonyl (C=O) groups is 2. The van der Waals surface area contributed by atoms with Crippen LogP contribution < -0.4 is 5.32 Å². The Hall–Kier alpha value is -2.78. The van der Waals surface area contributed by atoms with Gasteiger partial charge in [0.2, 0.25) is 5.91 Å². The van der Waals surface area contributed by atoms with Crippen LogP contribution in [0.1, 0.15) is 24.4 Å². The van der Waals surface area contributed by atoms with E-state index in [0.29, 0.717) is 45.6 Å². The molecule has 0 unspecified atom stereocenters. The molecule has 9 nitrogen and oxygen atoms in total. The van der Waals surface area contributed by atoms with Crippen molar-refractivity contribution in [3.05, 3.63) is 48.3 Å². The zero-order valence-corrected chi connectivity index (χ0v) is 17.5. The lowest BCUT2D eigenvalue weighted by molar-refractivity contribution is -0.174. The number of nitrogens with one attached hydrogen (secondary N) is 1. The molecule has 1 fully saturated rings. The van der Waals surface area contributed by atoms with E-state index in [0.717, 1.165) is 11.5 Å². The number of pyridine rings is 1. The predicted octanol–water partition coefficient (Wildman–Crippen LogP) is 0.373. The zero-order valence-electron chi connectivity index (χ0n) is 17.5. The lowest BCUT2D eigenvalue weighted by Crippen LogP contribution is -2.54. The van der Waals surface area contributed by atoms with Crippen LogP contribution in [0.3, 0.4) is 0 Å². The number of piperidine rings is 1. The monoisotopic (exact) mass is 412 g/mol. The van der Waals surface area contributed by atoms with Crippen molar-refractivity contribution in [3.63, 3.8) is 0 Å². The molecule has 2 aliphatic rings. The molecular weight excluding hydrogens is 384 g/mol. The maximum atomic E-state index is 12.9. The number of amides is 2. The minimum absolute atomic E-state index is 0.0868. The number of ether oxygens (including phenoxy) is 1. The Balaban J connectivity index is 1.43. The Morgan fingerprint density at radius 2 is 2.03 bits per heavy atom. The third-order valence-corrected chi connectivity index (χ3v) is 5.84. The van der Waals surface area contributed by atoms with E-state index in [-0.39, 0.29) is 11.8 Å². The Morgan fingerprint density at radius 3 is 2.73 bits per heavy atom. The number of aromatic nitrogens is 3. The quantitative estimate of drug-likeness (QED) is 0.763. The van der Waals surface area contributed by atoms with E-state index in [1.165, 1.54) is 0 Å². The number of hydrogen-bond acceptors (Lipinski definition) is 6. The number of imidazole rings is 1. The van der Waals surface area contributed by atoms with Gasteiger partial charge in [0.05, 0.1) is 25.3 Å². The van der Waals surface area contributed by atoms with E-state index >= 15 is 0 Å². The van der Waals surface area contributed by atoms with E-state index in [2.05, 4.69) is 20.2 Å². The highest BCUT2D eigenvalue weighted by Crippen LogP contribution is 2.40.